The highest BCUT2D eigenvalue weighted by molar-refractivity contribution is 6.51. The topological polar surface area (TPSA) is 80.0 Å². The normalized spacial score (nSPS) is 17.6. The number of carbonyl (C=O) groups is 2. The standard InChI is InChI=1S/C26H23ClFNO5/c1-4-33-20-10-7-15(12-17(20)14(2)3)24(30)22-23(21-6-5-11-34-21)29(26(32)25(22)31)16-8-9-19(28)18(27)13-16/h5-14,23,30H,4H2,1-3H3/b24-22-. The fourth-order valence-electron chi connectivity index (χ4n) is 4.04. The van der Waals surface area contributed by atoms with Crippen molar-refractivity contribution in [3.05, 3.63) is 88.1 Å². The number of aliphatic hydroxyl groups excluding tert-OH is 1. The van der Waals surface area contributed by atoms with Crippen LogP contribution in [-0.2, 0) is 9.59 Å². The van der Waals surface area contributed by atoms with E-state index in [2.05, 4.69) is 0 Å². The number of Topliss-reactive ketones (excluding diaryl/α,β-unsaturated/α-hetero) is 1. The molecule has 1 fully saturated rings. The number of amides is 1. The average molecular weight is 484 g/mol. The molecule has 0 saturated carbocycles. The zero-order valence-electron chi connectivity index (χ0n) is 18.8. The van der Waals surface area contributed by atoms with Crippen molar-refractivity contribution in [2.45, 2.75) is 32.7 Å². The van der Waals surface area contributed by atoms with Crippen LogP contribution in [0.2, 0.25) is 5.02 Å². The Morgan fingerprint density at radius 3 is 2.59 bits per heavy atom. The molecule has 8 heteroatoms. The van der Waals surface area contributed by atoms with Gasteiger partial charge in [0.05, 0.1) is 23.5 Å². The molecule has 34 heavy (non-hydrogen) atoms. The lowest BCUT2D eigenvalue weighted by molar-refractivity contribution is -0.132. The highest BCUT2D eigenvalue weighted by Crippen LogP contribution is 2.43. The zero-order valence-corrected chi connectivity index (χ0v) is 19.6. The van der Waals surface area contributed by atoms with Gasteiger partial charge in [0.1, 0.15) is 29.1 Å². The van der Waals surface area contributed by atoms with E-state index in [1.165, 1.54) is 18.4 Å². The van der Waals surface area contributed by atoms with E-state index in [9.17, 15) is 19.1 Å². The summed E-state index contributed by atoms with van der Waals surface area (Å²) in [7, 11) is 0. The Bertz CT molecular complexity index is 1280. The first-order chi connectivity index (χ1) is 16.2. The number of rotatable bonds is 6. The van der Waals surface area contributed by atoms with Crippen molar-refractivity contribution in [2.24, 2.45) is 0 Å². The molecule has 1 amide bonds. The molecule has 1 atom stereocenters. The van der Waals surface area contributed by atoms with Crippen molar-refractivity contribution in [3.63, 3.8) is 0 Å². The predicted molar refractivity (Wildman–Crippen MR) is 127 cm³/mol. The number of ketones is 1. The summed E-state index contributed by atoms with van der Waals surface area (Å²) in [4.78, 5) is 27.4. The Hall–Kier alpha value is -3.58. The maximum absolute atomic E-state index is 13.8. The van der Waals surface area contributed by atoms with Crippen LogP contribution in [-0.4, -0.2) is 23.4 Å². The monoisotopic (exact) mass is 483 g/mol. The fraction of sp³-hybridized carbons (Fsp3) is 0.231. The highest BCUT2D eigenvalue weighted by Gasteiger charge is 2.48. The van der Waals surface area contributed by atoms with Gasteiger partial charge in [-0.15, -0.1) is 0 Å². The molecular formula is C26H23ClFNO5. The third-order valence-electron chi connectivity index (χ3n) is 5.64. The summed E-state index contributed by atoms with van der Waals surface area (Å²) in [6, 6.07) is 11.0. The van der Waals surface area contributed by atoms with Crippen LogP contribution in [0.3, 0.4) is 0 Å². The van der Waals surface area contributed by atoms with E-state index in [1.54, 1.807) is 30.3 Å². The summed E-state index contributed by atoms with van der Waals surface area (Å²) in [5, 5.41) is 11.1. The number of ether oxygens (including phenoxy) is 1. The predicted octanol–water partition coefficient (Wildman–Crippen LogP) is 6.22. The molecular weight excluding hydrogens is 461 g/mol. The first-order valence-electron chi connectivity index (χ1n) is 10.8. The number of aliphatic hydroxyl groups is 1. The maximum atomic E-state index is 13.8. The van der Waals surface area contributed by atoms with E-state index in [-0.39, 0.29) is 33.7 Å². The van der Waals surface area contributed by atoms with Crippen LogP contribution in [0.25, 0.3) is 5.76 Å². The van der Waals surface area contributed by atoms with Gasteiger partial charge in [0, 0.05) is 11.3 Å². The van der Waals surface area contributed by atoms with Crippen LogP contribution < -0.4 is 9.64 Å². The van der Waals surface area contributed by atoms with Crippen LogP contribution in [0.5, 0.6) is 5.75 Å². The molecule has 6 nitrogen and oxygen atoms in total. The summed E-state index contributed by atoms with van der Waals surface area (Å²) in [6.45, 7) is 6.34. The molecule has 2 aromatic carbocycles. The molecule has 2 heterocycles. The second-order valence-electron chi connectivity index (χ2n) is 8.12. The number of nitrogens with zero attached hydrogens (tertiary/aromatic N) is 1. The van der Waals surface area contributed by atoms with Gasteiger partial charge in [-0.2, -0.15) is 0 Å². The van der Waals surface area contributed by atoms with Gasteiger partial charge in [-0.25, -0.2) is 4.39 Å². The van der Waals surface area contributed by atoms with Crippen molar-refractivity contribution in [1.29, 1.82) is 0 Å². The maximum Gasteiger partial charge on any atom is 0.300 e. The van der Waals surface area contributed by atoms with Crippen LogP contribution in [0, 0.1) is 5.82 Å². The van der Waals surface area contributed by atoms with Gasteiger partial charge in [-0.05, 0) is 66.9 Å². The molecule has 176 valence electrons. The minimum Gasteiger partial charge on any atom is -0.507 e. The molecule has 1 aliphatic heterocycles. The van der Waals surface area contributed by atoms with Gasteiger partial charge in [-0.3, -0.25) is 14.5 Å². The summed E-state index contributed by atoms with van der Waals surface area (Å²) in [5.74, 6) is -1.76. The molecule has 0 radical (unpaired) electrons. The van der Waals surface area contributed by atoms with E-state index in [0.29, 0.717) is 17.9 Å². The molecule has 1 aliphatic rings. The van der Waals surface area contributed by atoms with Gasteiger partial charge in [0.25, 0.3) is 11.7 Å². The first-order valence-corrected chi connectivity index (χ1v) is 11.2. The highest BCUT2D eigenvalue weighted by atomic mass is 35.5. The van der Waals surface area contributed by atoms with E-state index in [4.69, 9.17) is 20.8 Å². The SMILES string of the molecule is CCOc1ccc(/C(O)=C2/C(=O)C(=O)N(c3ccc(F)c(Cl)c3)C2c2ccco2)cc1C(C)C. The van der Waals surface area contributed by atoms with Gasteiger partial charge in [0.15, 0.2) is 0 Å². The lowest BCUT2D eigenvalue weighted by Crippen LogP contribution is -2.29. The van der Waals surface area contributed by atoms with Gasteiger partial charge < -0.3 is 14.3 Å². The Labute approximate surface area is 201 Å². The van der Waals surface area contributed by atoms with Gasteiger partial charge >= 0.3 is 0 Å². The van der Waals surface area contributed by atoms with Crippen molar-refractivity contribution < 1.29 is 28.2 Å². The number of benzene rings is 2. The number of carbonyl (C=O) groups excluding carboxylic acids is 2. The summed E-state index contributed by atoms with van der Waals surface area (Å²) < 4.78 is 25.0. The van der Waals surface area contributed by atoms with E-state index in [1.807, 2.05) is 20.8 Å². The van der Waals surface area contributed by atoms with Crippen molar-refractivity contribution in [2.75, 3.05) is 11.5 Å². The summed E-state index contributed by atoms with van der Waals surface area (Å²) >= 11 is 5.94. The molecule has 1 N–H and O–H groups in total. The Kier molecular flexibility index (Phi) is 6.48. The first kappa shape index (κ1) is 23.6. The van der Waals surface area contributed by atoms with E-state index >= 15 is 0 Å². The Morgan fingerprint density at radius 1 is 1.21 bits per heavy atom. The number of halogens is 2. The van der Waals surface area contributed by atoms with Crippen LogP contribution >= 0.6 is 11.6 Å². The molecule has 0 spiro atoms. The van der Waals surface area contributed by atoms with Crippen molar-refractivity contribution in [3.8, 4) is 5.75 Å². The fourth-order valence-corrected chi connectivity index (χ4v) is 4.21. The molecule has 0 aliphatic carbocycles. The summed E-state index contributed by atoms with van der Waals surface area (Å²) in [6.07, 6.45) is 1.40. The van der Waals surface area contributed by atoms with Gasteiger partial charge in [-0.1, -0.05) is 25.4 Å². The number of furan rings is 1. The second-order valence-corrected chi connectivity index (χ2v) is 8.53. The smallest absolute Gasteiger partial charge is 0.300 e. The number of anilines is 1. The van der Waals surface area contributed by atoms with E-state index < -0.39 is 23.5 Å². The molecule has 1 unspecified atom stereocenters. The van der Waals surface area contributed by atoms with Crippen LogP contribution in [0.1, 0.15) is 49.6 Å². The molecule has 4 rings (SSSR count). The largest absolute Gasteiger partial charge is 0.507 e. The van der Waals surface area contributed by atoms with E-state index in [0.717, 1.165) is 16.5 Å². The third-order valence-corrected chi connectivity index (χ3v) is 5.93. The molecule has 0 bridgehead atoms. The summed E-state index contributed by atoms with van der Waals surface area (Å²) in [5.41, 5.74) is 1.27. The minimum atomic E-state index is -1.06. The number of hydrogen-bond acceptors (Lipinski definition) is 5. The van der Waals surface area contributed by atoms with Gasteiger partial charge in [0.2, 0.25) is 0 Å². The number of hydrogen-bond donors (Lipinski definition) is 1. The molecule has 1 saturated heterocycles. The van der Waals surface area contributed by atoms with Crippen molar-refractivity contribution in [1.82, 2.24) is 0 Å². The lowest BCUT2D eigenvalue weighted by atomic mass is 9.95. The Morgan fingerprint density at radius 2 is 1.97 bits per heavy atom. The van der Waals surface area contributed by atoms with Crippen LogP contribution in [0.4, 0.5) is 10.1 Å². The quantitative estimate of drug-likeness (QED) is 0.256. The lowest BCUT2D eigenvalue weighted by Gasteiger charge is -2.23. The van der Waals surface area contributed by atoms with Crippen molar-refractivity contribution >= 4 is 34.7 Å². The molecule has 1 aromatic heterocycles. The second kappa shape index (κ2) is 9.35. The molecule has 3 aromatic rings. The zero-order chi connectivity index (χ0) is 24.6. The Balaban J connectivity index is 1.90. The third kappa shape index (κ3) is 4.07. The average Bonchev–Trinajstić information content (AvgIpc) is 3.43. The van der Waals surface area contributed by atoms with Crippen LogP contribution in [0.15, 0.2) is 64.8 Å². The minimum absolute atomic E-state index is 0.0823.